The van der Waals surface area contributed by atoms with Gasteiger partial charge in [0.1, 0.15) is 23.6 Å². The van der Waals surface area contributed by atoms with E-state index in [0.717, 1.165) is 31.6 Å². The van der Waals surface area contributed by atoms with Gasteiger partial charge in [0.15, 0.2) is 0 Å². The number of halogens is 1. The van der Waals surface area contributed by atoms with Crippen LogP contribution in [0.2, 0.25) is 0 Å². The highest BCUT2D eigenvalue weighted by Gasteiger charge is 2.19. The molecule has 8 nitrogen and oxygen atoms in total. The monoisotopic (exact) mass is 462 g/mol. The first kappa shape index (κ1) is 28.5. The molecule has 1 aliphatic heterocycles. The van der Waals surface area contributed by atoms with Gasteiger partial charge in [0.25, 0.3) is 5.91 Å². The van der Waals surface area contributed by atoms with Crippen LogP contribution in [0.25, 0.3) is 0 Å². The summed E-state index contributed by atoms with van der Waals surface area (Å²) in [5.41, 5.74) is 7.26. The minimum Gasteiger partial charge on any atom is -0.375 e. The fourth-order valence-electron chi connectivity index (χ4n) is 2.80. The fourth-order valence-corrected chi connectivity index (χ4v) is 2.80. The van der Waals surface area contributed by atoms with E-state index in [1.807, 2.05) is 20.8 Å². The third-order valence-electron chi connectivity index (χ3n) is 4.82. The number of nitrogens with two attached hydrogens (primary N) is 1. The number of aryl methyl sites for hydroxylation is 1. The van der Waals surface area contributed by atoms with E-state index in [2.05, 4.69) is 32.2 Å². The van der Waals surface area contributed by atoms with E-state index in [-0.39, 0.29) is 29.9 Å². The van der Waals surface area contributed by atoms with Crippen molar-refractivity contribution in [1.82, 2.24) is 20.2 Å². The maximum atomic E-state index is 12.9. The lowest BCUT2D eigenvalue weighted by Crippen LogP contribution is -2.45. The topological polar surface area (TPSA) is 106 Å². The maximum Gasteiger partial charge on any atom is 0.265 e. The van der Waals surface area contributed by atoms with Crippen molar-refractivity contribution < 1.29 is 13.9 Å². The minimum absolute atomic E-state index is 0.109. The molecule has 1 unspecified atom stereocenters. The van der Waals surface area contributed by atoms with Gasteiger partial charge in [-0.2, -0.15) is 0 Å². The molecule has 1 fully saturated rings. The average molecular weight is 463 g/mol. The molecule has 9 heteroatoms. The van der Waals surface area contributed by atoms with Gasteiger partial charge in [-0.05, 0) is 79.7 Å². The number of rotatable bonds is 8. The molecule has 0 aliphatic carbocycles. The van der Waals surface area contributed by atoms with E-state index < -0.39 is 0 Å². The third kappa shape index (κ3) is 13.0. The number of aliphatic imine (C=N–C) groups is 1. The smallest absolute Gasteiger partial charge is 0.265 e. The van der Waals surface area contributed by atoms with Crippen LogP contribution in [0.5, 0.6) is 0 Å². The van der Waals surface area contributed by atoms with E-state index in [0.29, 0.717) is 18.0 Å². The molecule has 1 aliphatic rings. The first-order valence-electron chi connectivity index (χ1n) is 11.3. The van der Waals surface area contributed by atoms with Gasteiger partial charge in [-0.15, -0.1) is 0 Å². The lowest BCUT2D eigenvalue weighted by atomic mass is 10.1. The van der Waals surface area contributed by atoms with Crippen molar-refractivity contribution in [1.29, 1.82) is 0 Å². The Kier molecular flexibility index (Phi) is 13.3. The van der Waals surface area contributed by atoms with Crippen molar-refractivity contribution >= 4 is 17.3 Å². The largest absolute Gasteiger partial charge is 0.375 e. The predicted octanol–water partition coefficient (Wildman–Crippen LogP) is 3.26. The number of likely N-dealkylation sites (tertiary alicyclic amines) is 1. The number of hydrogen-bond acceptors (Lipinski definition) is 7. The Bertz CT molecular complexity index is 815. The molecule has 0 radical (unpaired) electrons. The minimum atomic E-state index is -0.307. The van der Waals surface area contributed by atoms with Gasteiger partial charge in [-0.1, -0.05) is 6.08 Å². The van der Waals surface area contributed by atoms with E-state index in [4.69, 9.17) is 10.5 Å². The number of nitrogens with one attached hydrogen (secondary N) is 1. The van der Waals surface area contributed by atoms with Crippen LogP contribution in [-0.2, 0) is 9.53 Å². The number of amides is 1. The summed E-state index contributed by atoms with van der Waals surface area (Å²) in [7, 11) is 2.10. The average Bonchev–Trinajstić information content (AvgIpc) is 2.75. The van der Waals surface area contributed by atoms with Crippen LogP contribution < -0.4 is 11.1 Å². The van der Waals surface area contributed by atoms with Gasteiger partial charge in [0.05, 0.1) is 24.6 Å². The van der Waals surface area contributed by atoms with Gasteiger partial charge >= 0.3 is 0 Å². The molecule has 1 saturated heterocycles. The highest BCUT2D eigenvalue weighted by Crippen LogP contribution is 2.14. The first-order chi connectivity index (χ1) is 15.6. The van der Waals surface area contributed by atoms with Crippen LogP contribution in [0, 0.1) is 6.92 Å². The van der Waals surface area contributed by atoms with Crippen molar-refractivity contribution in [3.8, 4) is 0 Å². The lowest BCUT2D eigenvalue weighted by molar-refractivity contribution is -0.115. The summed E-state index contributed by atoms with van der Waals surface area (Å²) in [4.78, 5) is 26.7. The molecule has 33 heavy (non-hydrogen) atoms. The fraction of sp³-hybridized carbons (Fsp3) is 0.583. The molecule has 0 saturated carbocycles. The molecule has 184 valence electrons. The normalized spacial score (nSPS) is 17.1. The molecular formula is C24H39FN6O2. The number of allylic oxidation sites excluding steroid dienone is 2. The van der Waals surface area contributed by atoms with Gasteiger partial charge in [0, 0.05) is 12.1 Å². The van der Waals surface area contributed by atoms with Crippen molar-refractivity contribution in [2.45, 2.75) is 65.6 Å². The zero-order valence-electron chi connectivity index (χ0n) is 20.7. The van der Waals surface area contributed by atoms with E-state index in [1.54, 1.807) is 26.1 Å². The highest BCUT2D eigenvalue weighted by molar-refractivity contribution is 6.38. The van der Waals surface area contributed by atoms with Crippen molar-refractivity contribution in [3.05, 3.63) is 42.3 Å². The van der Waals surface area contributed by atoms with Gasteiger partial charge in [-0.3, -0.25) is 4.79 Å². The van der Waals surface area contributed by atoms with Crippen molar-refractivity contribution in [2.24, 2.45) is 10.7 Å². The van der Waals surface area contributed by atoms with Gasteiger partial charge in [-0.25, -0.2) is 19.4 Å². The number of carbonyl (C=O) groups excluding carboxylic acids is 1. The van der Waals surface area contributed by atoms with Crippen LogP contribution in [0.1, 0.15) is 46.2 Å². The summed E-state index contributed by atoms with van der Waals surface area (Å²) >= 11 is 0. The zero-order chi connectivity index (χ0) is 24.8. The van der Waals surface area contributed by atoms with Gasteiger partial charge in [0.2, 0.25) is 0 Å². The molecule has 2 heterocycles. The summed E-state index contributed by atoms with van der Waals surface area (Å²) in [6, 6.07) is 0.127. The van der Waals surface area contributed by atoms with Crippen LogP contribution in [0.4, 0.5) is 10.1 Å². The molecule has 1 aromatic rings. The third-order valence-corrected chi connectivity index (χ3v) is 4.82. The molecule has 1 atom stereocenters. The standard InChI is InChI=1S/C14H21N5O.C10H18FNO/c1-10-13(8-15-9-16-10)17-11(2)14(20)18-12-4-6-19(3)7-5-12;1-8(2)13-7-6-10(11)5-4-9(3)12/h8-9,12H,4-7H2,1-3H3,(H,18,20);4-6,8-9H,7,12H2,1-3H3/b;5-4-,10-6+. The second kappa shape index (κ2) is 15.4. The summed E-state index contributed by atoms with van der Waals surface area (Å²) in [6.45, 7) is 11.5. The number of hydrogen-bond donors (Lipinski definition) is 2. The Morgan fingerprint density at radius 1 is 1.39 bits per heavy atom. The first-order valence-corrected chi connectivity index (χ1v) is 11.3. The molecular weight excluding hydrogens is 423 g/mol. The lowest BCUT2D eigenvalue weighted by Gasteiger charge is -2.29. The van der Waals surface area contributed by atoms with Crippen molar-refractivity contribution in [3.63, 3.8) is 0 Å². The number of aromatic nitrogens is 2. The maximum absolute atomic E-state index is 12.9. The molecule has 0 bridgehead atoms. The van der Waals surface area contributed by atoms with Crippen molar-refractivity contribution in [2.75, 3.05) is 26.7 Å². The molecule has 1 aromatic heterocycles. The number of carbonyl (C=O) groups is 1. The zero-order valence-corrected chi connectivity index (χ0v) is 20.7. The Hall–Kier alpha value is -2.49. The van der Waals surface area contributed by atoms with Crippen LogP contribution in [0.15, 0.2) is 41.6 Å². The van der Waals surface area contributed by atoms with Gasteiger partial charge < -0.3 is 20.7 Å². The summed E-state index contributed by atoms with van der Waals surface area (Å²) in [5, 5.41) is 3.04. The molecule has 2 rings (SSSR count). The Labute approximate surface area is 197 Å². The second-order valence-corrected chi connectivity index (χ2v) is 8.43. The molecule has 3 N–H and O–H groups in total. The van der Waals surface area contributed by atoms with E-state index in [1.165, 1.54) is 18.5 Å². The van der Waals surface area contributed by atoms with Crippen LogP contribution in [0.3, 0.4) is 0 Å². The summed E-state index contributed by atoms with van der Waals surface area (Å²) < 4.78 is 18.0. The predicted molar refractivity (Wildman–Crippen MR) is 131 cm³/mol. The van der Waals surface area contributed by atoms with E-state index in [9.17, 15) is 9.18 Å². The number of ether oxygens (including phenoxy) is 1. The molecule has 0 aromatic carbocycles. The summed E-state index contributed by atoms with van der Waals surface area (Å²) in [5.74, 6) is -0.416. The summed E-state index contributed by atoms with van der Waals surface area (Å²) in [6.07, 6.45) is 9.54. The molecule has 0 spiro atoms. The Morgan fingerprint density at radius 2 is 2.06 bits per heavy atom. The Morgan fingerprint density at radius 3 is 2.64 bits per heavy atom. The highest BCUT2D eigenvalue weighted by atomic mass is 19.1. The van der Waals surface area contributed by atoms with Crippen LogP contribution in [-0.4, -0.2) is 71.4 Å². The molecule has 1 amide bonds. The van der Waals surface area contributed by atoms with Crippen LogP contribution >= 0.6 is 0 Å². The number of nitrogens with zero attached hydrogens (tertiary/aromatic N) is 4. The SMILES string of the molecule is CC(=Nc1cncnc1C)C(=O)NC1CCN(C)CC1.CC(N)/C=C\C(F)=C/COC(C)C. The number of piperidine rings is 1. The Balaban J connectivity index is 0.000000366. The second-order valence-electron chi connectivity index (χ2n) is 8.43. The quantitative estimate of drug-likeness (QED) is 0.454. The van der Waals surface area contributed by atoms with E-state index >= 15 is 0 Å².